The number of hydrogen-bond donors (Lipinski definition) is 3. The van der Waals surface area contributed by atoms with Crippen molar-refractivity contribution in [3.63, 3.8) is 0 Å². The lowest BCUT2D eigenvalue weighted by Gasteiger charge is -2.04. The molecule has 0 aromatic rings. The monoisotopic (exact) mass is 151 g/mol. The van der Waals surface area contributed by atoms with Gasteiger partial charge in [0.25, 0.3) is 0 Å². The van der Waals surface area contributed by atoms with E-state index in [2.05, 4.69) is 0 Å². The molecule has 2 atom stereocenters. The molecule has 1 unspecified atom stereocenters. The van der Waals surface area contributed by atoms with Crippen LogP contribution in [-0.4, -0.2) is 28.1 Å². The van der Waals surface area contributed by atoms with E-state index in [9.17, 15) is 9.36 Å². The summed E-state index contributed by atoms with van der Waals surface area (Å²) in [7, 11) is -0.667. The number of carboxylic acids is 1. The van der Waals surface area contributed by atoms with E-state index >= 15 is 0 Å². The number of aliphatic hydroxyl groups excluding tert-OH is 1. The Kier molecular flexibility index (Phi) is 3.30. The Hall–Kier alpha value is -0.510. The van der Waals surface area contributed by atoms with Crippen LogP contribution >= 0.6 is 8.46 Å². The summed E-state index contributed by atoms with van der Waals surface area (Å²) in [6.45, 7) is 0. The van der Waals surface area contributed by atoms with Gasteiger partial charge in [-0.3, -0.25) is 9.36 Å². The van der Waals surface area contributed by atoms with E-state index in [4.69, 9.17) is 15.9 Å². The summed E-state index contributed by atoms with van der Waals surface area (Å²) >= 11 is 0. The van der Waals surface area contributed by atoms with E-state index < -0.39 is 26.3 Å². The predicted octanol–water partition coefficient (Wildman–Crippen LogP) is -0.992. The van der Waals surface area contributed by atoms with Gasteiger partial charge in [0, 0.05) is 0 Å². The van der Waals surface area contributed by atoms with Gasteiger partial charge in [-0.25, -0.2) is 0 Å². The van der Waals surface area contributed by atoms with Crippen LogP contribution < -0.4 is 5.73 Å². The van der Waals surface area contributed by atoms with Gasteiger partial charge in [0.1, 0.15) is 6.04 Å². The van der Waals surface area contributed by atoms with Gasteiger partial charge in [-0.2, -0.15) is 0 Å². The Morgan fingerprint density at radius 1 is 1.67 bits per heavy atom. The van der Waals surface area contributed by atoms with Gasteiger partial charge >= 0.3 is 5.97 Å². The van der Waals surface area contributed by atoms with Crippen molar-refractivity contribution in [2.75, 3.05) is 0 Å². The second kappa shape index (κ2) is 3.50. The fourth-order valence-electron chi connectivity index (χ4n) is 0.193. The van der Waals surface area contributed by atoms with E-state index in [0.29, 0.717) is 0 Å². The summed E-state index contributed by atoms with van der Waals surface area (Å²) < 4.78 is 9.75. The molecule has 4 N–H and O–H groups in total. The maximum Gasteiger partial charge on any atom is 0.324 e. The van der Waals surface area contributed by atoms with Crippen molar-refractivity contribution in [2.24, 2.45) is 5.73 Å². The number of aliphatic hydroxyl groups is 1. The number of aliphatic carboxylic acids is 1. The minimum atomic E-state index is -1.51. The molecule has 9 heavy (non-hydrogen) atoms. The Balaban J connectivity index is 3.86. The van der Waals surface area contributed by atoms with Crippen LogP contribution in [0, 0.1) is 0 Å². The Bertz CT molecular complexity index is 127. The minimum absolute atomic E-state index is 0.667. The molecule has 0 heterocycles. The molecule has 0 spiro atoms. The number of rotatable bonds is 3. The van der Waals surface area contributed by atoms with Crippen molar-refractivity contribution in [1.29, 1.82) is 0 Å². The summed E-state index contributed by atoms with van der Waals surface area (Å²) in [6.07, 6.45) is 0. The van der Waals surface area contributed by atoms with Crippen molar-refractivity contribution in [3.05, 3.63) is 0 Å². The van der Waals surface area contributed by atoms with E-state index in [0.717, 1.165) is 0 Å². The highest BCUT2D eigenvalue weighted by atomic mass is 31.1. The van der Waals surface area contributed by atoms with Gasteiger partial charge in [-0.1, -0.05) is 0 Å². The molecule has 0 radical (unpaired) electrons. The van der Waals surface area contributed by atoms with Crippen LogP contribution in [0.3, 0.4) is 0 Å². The van der Waals surface area contributed by atoms with E-state index in [1.165, 1.54) is 0 Å². The number of nitrogens with two attached hydrogens (primary N) is 1. The first-order valence-corrected chi connectivity index (χ1v) is 2.96. The van der Waals surface area contributed by atoms with Gasteiger partial charge in [-0.15, -0.1) is 0 Å². The summed E-state index contributed by atoms with van der Waals surface area (Å²) in [4.78, 5) is 9.87. The fraction of sp³-hybridized carbons (Fsp3) is 0.667. The number of carboxylic acid groups (broad SMARTS) is 1. The molecular formula is C3H6NO4P. The van der Waals surface area contributed by atoms with Crippen molar-refractivity contribution < 1.29 is 19.6 Å². The molecule has 0 saturated heterocycles. The van der Waals surface area contributed by atoms with Crippen molar-refractivity contribution >= 4 is 14.4 Å². The Labute approximate surface area is 52.7 Å². The van der Waals surface area contributed by atoms with Crippen LogP contribution in [0.15, 0.2) is 0 Å². The summed E-state index contributed by atoms with van der Waals surface area (Å²) in [5, 5.41) is 16.5. The first-order valence-electron chi connectivity index (χ1n) is 2.08. The lowest BCUT2D eigenvalue weighted by molar-refractivity contribution is -0.139. The highest BCUT2D eigenvalue weighted by molar-refractivity contribution is 7.24. The molecule has 0 aromatic heterocycles. The standard InChI is InChI=1S/C3H6NO4P/c4-1(2(5)6)3(7)9-8/h1,3,7H,4H2,(H,5,6)/t1-,3?/m1/s1. The Morgan fingerprint density at radius 3 is 2.22 bits per heavy atom. The normalized spacial score (nSPS) is 17.1. The molecule has 0 aromatic carbocycles. The van der Waals surface area contributed by atoms with Crippen LogP contribution in [0.2, 0.25) is 0 Å². The molecule has 0 bridgehead atoms. The lowest BCUT2D eigenvalue weighted by atomic mass is 10.3. The van der Waals surface area contributed by atoms with Crippen LogP contribution in [0.5, 0.6) is 0 Å². The van der Waals surface area contributed by atoms with Gasteiger partial charge in [-0.05, 0) is 0 Å². The molecule has 0 saturated carbocycles. The van der Waals surface area contributed by atoms with Crippen molar-refractivity contribution in [2.45, 2.75) is 11.9 Å². The molecule has 0 fully saturated rings. The summed E-state index contributed by atoms with van der Waals surface area (Å²) in [5.74, 6) is -2.88. The highest BCUT2D eigenvalue weighted by Gasteiger charge is 2.21. The zero-order valence-corrected chi connectivity index (χ0v) is 5.28. The SMILES string of the molecule is N[C@H](C(=O)O)C(O)P=O. The molecule has 5 nitrogen and oxygen atoms in total. The molecule has 0 aliphatic carbocycles. The predicted molar refractivity (Wildman–Crippen MR) is 29.2 cm³/mol. The van der Waals surface area contributed by atoms with Gasteiger partial charge < -0.3 is 15.9 Å². The zero-order chi connectivity index (χ0) is 7.44. The van der Waals surface area contributed by atoms with Gasteiger partial charge in [0.2, 0.25) is 0 Å². The molecule has 0 aliphatic rings. The number of carbonyl (C=O) groups is 1. The molecule has 0 rings (SSSR count). The largest absolute Gasteiger partial charge is 0.480 e. The lowest BCUT2D eigenvalue weighted by Crippen LogP contribution is -2.38. The molecule has 6 heteroatoms. The summed E-state index contributed by atoms with van der Waals surface area (Å²) in [5.41, 5.74) is 4.81. The van der Waals surface area contributed by atoms with E-state index in [-0.39, 0.29) is 0 Å². The third-order valence-corrected chi connectivity index (χ3v) is 1.25. The van der Waals surface area contributed by atoms with Crippen molar-refractivity contribution in [3.8, 4) is 0 Å². The first kappa shape index (κ1) is 8.49. The first-order chi connectivity index (χ1) is 4.09. The molecular weight excluding hydrogens is 145 g/mol. The second-order valence-electron chi connectivity index (χ2n) is 1.38. The fourth-order valence-corrected chi connectivity index (χ4v) is 0.452. The van der Waals surface area contributed by atoms with Crippen LogP contribution in [0.25, 0.3) is 0 Å². The Morgan fingerprint density at radius 2 is 2.11 bits per heavy atom. The quantitative estimate of drug-likeness (QED) is 0.449. The minimum Gasteiger partial charge on any atom is -0.480 e. The van der Waals surface area contributed by atoms with Crippen LogP contribution in [0.4, 0.5) is 0 Å². The topological polar surface area (TPSA) is 101 Å². The second-order valence-corrected chi connectivity index (χ2v) is 2.12. The zero-order valence-electron chi connectivity index (χ0n) is 4.39. The maximum absolute atomic E-state index is 9.87. The summed E-state index contributed by atoms with van der Waals surface area (Å²) in [6, 6.07) is -1.47. The average Bonchev–Trinajstić information content (AvgIpc) is 1.84. The molecule has 0 aliphatic heterocycles. The highest BCUT2D eigenvalue weighted by Crippen LogP contribution is 2.04. The van der Waals surface area contributed by atoms with E-state index in [1.54, 1.807) is 0 Å². The van der Waals surface area contributed by atoms with Gasteiger partial charge in [0.05, 0.1) is 0 Å². The van der Waals surface area contributed by atoms with Crippen molar-refractivity contribution in [1.82, 2.24) is 0 Å². The number of hydrogen-bond acceptors (Lipinski definition) is 4. The third-order valence-electron chi connectivity index (χ3n) is 0.714. The average molecular weight is 151 g/mol. The van der Waals surface area contributed by atoms with E-state index in [1.807, 2.05) is 0 Å². The third kappa shape index (κ3) is 2.51. The molecule has 0 amide bonds. The van der Waals surface area contributed by atoms with Crippen LogP contribution in [-0.2, 0) is 9.36 Å². The van der Waals surface area contributed by atoms with Crippen LogP contribution in [0.1, 0.15) is 0 Å². The maximum atomic E-state index is 9.87. The molecule has 52 valence electrons. The van der Waals surface area contributed by atoms with Gasteiger partial charge in [0.15, 0.2) is 14.3 Å². The smallest absolute Gasteiger partial charge is 0.324 e.